The van der Waals surface area contributed by atoms with Gasteiger partial charge in [0, 0.05) is 141 Å². The number of rotatable bonds is 31. The molecule has 122 heavy (non-hydrogen) atoms. The van der Waals surface area contributed by atoms with E-state index in [4.69, 9.17) is 51.1 Å². The lowest BCUT2D eigenvalue weighted by atomic mass is 9.89. The first-order valence-corrected chi connectivity index (χ1v) is 41.1. The summed E-state index contributed by atoms with van der Waals surface area (Å²) >= 11 is 5.65. The van der Waals surface area contributed by atoms with Crippen LogP contribution in [0.3, 0.4) is 0 Å². The van der Waals surface area contributed by atoms with E-state index in [-0.39, 0.29) is 112 Å². The maximum Gasteiger partial charge on any atom is 0.479 e. The normalized spacial score (nSPS) is 19.1. The number of alkyl halides is 7. The number of piperazine rings is 2. The van der Waals surface area contributed by atoms with Crippen LogP contribution in [0.25, 0.3) is 32.2 Å². The fraction of sp³-hybridized carbons (Fsp3) is 0.650. The number of fused-ring (bicyclic) bond motifs is 2. The van der Waals surface area contributed by atoms with Crippen LogP contribution < -0.4 is 47.9 Å². The fourth-order valence-electron chi connectivity index (χ4n) is 15.4. The molecular formula is C80H114ClF6IN22O12. The number of azide groups is 2. The van der Waals surface area contributed by atoms with E-state index >= 15 is 0 Å². The Morgan fingerprint density at radius 1 is 0.557 bits per heavy atom. The van der Waals surface area contributed by atoms with Crippen LogP contribution in [0.5, 0.6) is 11.5 Å². The van der Waals surface area contributed by atoms with E-state index in [0.717, 1.165) is 102 Å². The Bertz CT molecular complexity index is 4450. The number of hydrogen-bond acceptors (Lipinski definition) is 23. The summed E-state index contributed by atoms with van der Waals surface area (Å²) in [5, 5.41) is 26.1. The van der Waals surface area contributed by atoms with E-state index in [1.165, 1.54) is 29.5 Å². The second-order valence-electron chi connectivity index (χ2n) is 30.3. The molecule has 4 aromatic heterocycles. The molecular weight excluding hydrogens is 1740 g/mol. The molecule has 10 heterocycles. The summed E-state index contributed by atoms with van der Waals surface area (Å²) in [6, 6.07) is 21.6. The van der Waals surface area contributed by atoms with Gasteiger partial charge in [0.15, 0.2) is 17.0 Å². The second kappa shape index (κ2) is 47.8. The van der Waals surface area contributed by atoms with Gasteiger partial charge >= 0.3 is 47.9 Å². The van der Waals surface area contributed by atoms with Crippen LogP contribution in [0.1, 0.15) is 186 Å². The summed E-state index contributed by atoms with van der Waals surface area (Å²) in [7, 11) is 3.65. The molecule has 0 bridgehead atoms. The predicted molar refractivity (Wildman–Crippen MR) is 436 cm³/mol. The number of piperidine rings is 2. The number of likely N-dealkylation sites (tertiary alicyclic amines) is 2. The summed E-state index contributed by atoms with van der Waals surface area (Å²) in [5.41, 5.74) is 18.2. The molecule has 6 atom stereocenters. The van der Waals surface area contributed by atoms with Gasteiger partial charge in [-0.3, -0.25) is 29.0 Å². The maximum atomic E-state index is 14.3. The van der Waals surface area contributed by atoms with Gasteiger partial charge in [-0.1, -0.05) is 88.1 Å². The van der Waals surface area contributed by atoms with Crippen molar-refractivity contribution in [2.24, 2.45) is 10.2 Å². The Hall–Kier alpha value is -9.70. The molecule has 0 radical (unpaired) electrons. The van der Waals surface area contributed by atoms with Crippen molar-refractivity contribution >= 4 is 70.5 Å². The Balaban J connectivity index is 0.000000277. The Kier molecular flexibility index (Phi) is 39.0. The number of carbonyl (C=O) groups is 6. The van der Waals surface area contributed by atoms with E-state index < -0.39 is 60.0 Å². The van der Waals surface area contributed by atoms with Crippen molar-refractivity contribution in [2.45, 2.75) is 205 Å². The van der Waals surface area contributed by atoms with E-state index in [9.17, 15) is 55.1 Å². The fourth-order valence-corrected chi connectivity index (χ4v) is 15.4. The van der Waals surface area contributed by atoms with Gasteiger partial charge in [-0.25, -0.2) is 9.59 Å². The van der Waals surface area contributed by atoms with Crippen LogP contribution in [-0.4, -0.2) is 262 Å². The van der Waals surface area contributed by atoms with Crippen molar-refractivity contribution in [3.05, 3.63) is 116 Å². The molecule has 6 aliphatic heterocycles. The highest BCUT2D eigenvalue weighted by atomic mass is 127. The molecule has 2 aromatic carbocycles. The first-order valence-electron chi connectivity index (χ1n) is 40.6. The Morgan fingerprint density at radius 3 is 1.43 bits per heavy atom. The number of likely N-dealkylation sites (N-methyl/N-ethyl adjacent to an activating group) is 2. The summed E-state index contributed by atoms with van der Waals surface area (Å²) in [6.07, 6.45) is -1.01. The van der Waals surface area contributed by atoms with Crippen molar-refractivity contribution in [1.29, 1.82) is 0 Å². The van der Waals surface area contributed by atoms with E-state index in [0.29, 0.717) is 148 Å². The third-order valence-corrected chi connectivity index (χ3v) is 22.3. The number of ether oxygens (including phenoxy) is 6. The maximum absolute atomic E-state index is 14.3. The van der Waals surface area contributed by atoms with Crippen LogP contribution in [0.2, 0.25) is 0 Å². The third kappa shape index (κ3) is 27.9. The monoisotopic (exact) mass is 1850 g/mol. The van der Waals surface area contributed by atoms with Crippen LogP contribution >= 0.6 is 11.6 Å². The molecule has 672 valence electrons. The molecule has 0 N–H and O–H groups in total. The molecule has 6 saturated heterocycles. The summed E-state index contributed by atoms with van der Waals surface area (Å²) in [5.74, 6) is 0.224. The molecule has 34 nitrogen and oxygen atoms in total. The minimum atomic E-state index is -4.84. The largest absolute Gasteiger partial charge is 1.00 e. The minimum absolute atomic E-state index is 0. The highest BCUT2D eigenvalue weighted by Crippen LogP contribution is 2.36. The van der Waals surface area contributed by atoms with Gasteiger partial charge < -0.3 is 81.8 Å². The first-order chi connectivity index (χ1) is 57.1. The molecule has 0 saturated carbocycles. The van der Waals surface area contributed by atoms with Crippen LogP contribution in [0.4, 0.5) is 47.6 Å². The third-order valence-electron chi connectivity index (χ3n) is 22.2. The van der Waals surface area contributed by atoms with Crippen LogP contribution in [0.15, 0.2) is 83.0 Å². The lowest BCUT2D eigenvalue weighted by Gasteiger charge is -2.37. The lowest BCUT2D eigenvalue weighted by Crippen LogP contribution is -3.00. The number of nitrogens with zero attached hydrogens (tertiary/aromatic N) is 22. The zero-order chi connectivity index (χ0) is 85.3. The van der Waals surface area contributed by atoms with Gasteiger partial charge in [0.1, 0.15) is 43.7 Å². The van der Waals surface area contributed by atoms with Gasteiger partial charge in [0.05, 0.1) is 24.2 Å². The topological polar surface area (TPSA) is 358 Å². The van der Waals surface area contributed by atoms with E-state index in [1.54, 1.807) is 33.8 Å². The van der Waals surface area contributed by atoms with Gasteiger partial charge in [-0.15, -0.1) is 15.3 Å². The molecule has 4 amide bonds. The van der Waals surface area contributed by atoms with Crippen molar-refractivity contribution in [2.75, 3.05) is 142 Å². The molecule has 6 fully saturated rings. The number of benzene rings is 2. The predicted octanol–water partition coefficient (Wildman–Crippen LogP) is 10.4. The van der Waals surface area contributed by atoms with Crippen molar-refractivity contribution in [3.8, 4) is 11.5 Å². The minimum Gasteiger partial charge on any atom is -1.00 e. The number of esters is 2. The Labute approximate surface area is 728 Å². The molecule has 6 aliphatic rings. The zero-order valence-corrected chi connectivity index (χ0v) is 71.3. The number of aromatic nitrogens is 8. The number of hydrogen-bond donors (Lipinski definition) is 0. The van der Waals surface area contributed by atoms with Gasteiger partial charge in [-0.2, -0.15) is 30.9 Å². The van der Waals surface area contributed by atoms with Gasteiger partial charge in [0.2, 0.25) is 11.8 Å². The van der Waals surface area contributed by atoms with E-state index in [2.05, 4.69) is 79.6 Å². The summed E-state index contributed by atoms with van der Waals surface area (Å²) in [6.45, 7) is 16.7. The summed E-state index contributed by atoms with van der Waals surface area (Å²) < 4.78 is 118. The van der Waals surface area contributed by atoms with Gasteiger partial charge in [0.25, 0.3) is 12.1 Å². The van der Waals surface area contributed by atoms with Crippen LogP contribution in [0, 0.1) is 0 Å². The average molecular weight is 1850 g/mol. The van der Waals surface area contributed by atoms with Crippen molar-refractivity contribution < 1.29 is 112 Å². The number of amides is 4. The average Bonchev–Trinajstić information content (AvgIpc) is 1.61. The molecule has 2 unspecified atom stereocenters. The SMILES string of the molecule is C.C.CC(Cl)OC(=O)N1CCC[C@H]1COC(=O)CCCCCN=[N+]=[N-].CC(OC(=O)N1CCC[C@H]1COC(=O)CCCCCN=[N+]=[N-])[n+]1nc(C(F)(F)F)n2nc(N3CCC(c4ccc(OCCN5CCN(C)C(=O)[C@H]5C)cc4)CC3)ccc21.C[C@@H]1C(=O)N(C)CCN1CCOc1ccc(C2CCN(c3ccc4nnc(C(F)(F)F)n4n3)CC2)cc1.[I-]. The second-order valence-corrected chi connectivity index (χ2v) is 30.9. The molecule has 12 rings (SSSR count). The smallest absolute Gasteiger partial charge is 0.479 e. The Morgan fingerprint density at radius 2 is 0.992 bits per heavy atom. The first kappa shape index (κ1) is 99.4. The summed E-state index contributed by atoms with van der Waals surface area (Å²) in [4.78, 5) is 93.6. The highest BCUT2D eigenvalue weighted by Gasteiger charge is 2.47. The lowest BCUT2D eigenvalue weighted by molar-refractivity contribution is -0.781. The standard InChI is InChI=1S/C39H53F3N11O6.C25H30F3N7O2.C14H23ClN4O4.2CH4.HI/c1-27-36(55)48(3)22-23-49(27)24-25-57-32-12-10-29(11-13-32)30-16-20-50(21-17-30)33-14-15-34-52(46-37(39(40,41)42)53(34)45-33)28(2)59-38(56)51-19-7-8-31(51)26-58-35(54)9-5-4-6-18-44-47-43;1-17-23(36)32(2)13-14-33(17)15-16-37-20-5-3-18(4-6-20)19-9-11-34(12-10-19)22-8-7-21-29-30-24(25(26,27)28)35(21)31-22;1-11(15)23-14(21)19-9-5-6-12(19)10-22-13(20)7-3-2-4-8-17-18-16;;;/h10-15,27-28,30-31H,4-9,16-26H2,1-3H3;3-8,17,19H,9-16H2,1-2H3;11-12H,2-10H2,1H3;2*1H4;1H/q+1;;;;;/p-1/t27-,28?,31+;17-;11?,12-;;;/m110.../s1. The zero-order valence-electron chi connectivity index (χ0n) is 68.4. The molecule has 42 heteroatoms. The number of halogens is 8. The van der Waals surface area contributed by atoms with E-state index in [1.807, 2.05) is 62.0 Å². The quantitative estimate of drug-likeness (QED) is 0.00373. The number of anilines is 2. The van der Waals surface area contributed by atoms with Crippen molar-refractivity contribution in [3.63, 3.8) is 0 Å². The number of unbranched alkanes of at least 4 members (excludes halogenated alkanes) is 4. The van der Waals surface area contributed by atoms with Crippen LogP contribution in [-0.2, 0) is 50.5 Å². The van der Waals surface area contributed by atoms with Crippen molar-refractivity contribution in [1.82, 2.24) is 63.9 Å². The molecule has 0 spiro atoms. The molecule has 0 aliphatic carbocycles. The van der Waals surface area contributed by atoms with Gasteiger partial charge in [-0.05, 0) is 179 Å². The number of carbonyl (C=O) groups excluding carboxylic acids is 6. The molecule has 6 aromatic rings. The highest BCUT2D eigenvalue weighted by molar-refractivity contribution is 6.19.